The molecule has 2 heterocycles. The lowest BCUT2D eigenvalue weighted by molar-refractivity contribution is 0.0659. The fourth-order valence-electron chi connectivity index (χ4n) is 1.91. The van der Waals surface area contributed by atoms with Gasteiger partial charge >= 0.3 is 5.97 Å². The third kappa shape index (κ3) is 3.02. The summed E-state index contributed by atoms with van der Waals surface area (Å²) in [4.78, 5) is 15.1. The molecule has 6 heteroatoms. The van der Waals surface area contributed by atoms with Crippen molar-refractivity contribution in [3.8, 4) is 0 Å². The second kappa shape index (κ2) is 5.14. The molecule has 2 aromatic rings. The van der Waals surface area contributed by atoms with Crippen molar-refractivity contribution in [2.75, 3.05) is 0 Å². The van der Waals surface area contributed by atoms with Crippen molar-refractivity contribution < 1.29 is 14.3 Å². The fourth-order valence-corrected chi connectivity index (χ4v) is 2.63. The van der Waals surface area contributed by atoms with Crippen LogP contribution in [0.5, 0.6) is 0 Å². The lowest BCUT2D eigenvalue weighted by atomic mass is 10.0. The van der Waals surface area contributed by atoms with Crippen LogP contribution in [0.1, 0.15) is 48.1 Å². The molecule has 1 unspecified atom stereocenters. The van der Waals surface area contributed by atoms with Gasteiger partial charge in [0.25, 0.3) is 0 Å². The van der Waals surface area contributed by atoms with E-state index in [1.165, 1.54) is 6.07 Å². The molecule has 0 saturated heterocycles. The van der Waals surface area contributed by atoms with E-state index in [-0.39, 0.29) is 17.3 Å². The zero-order valence-corrected chi connectivity index (χ0v) is 11.8. The number of nitrogens with zero attached hydrogens (tertiary/aromatic N) is 1. The summed E-state index contributed by atoms with van der Waals surface area (Å²) < 4.78 is 5.29. The predicted octanol–water partition coefficient (Wildman–Crippen LogP) is 3.02. The summed E-state index contributed by atoms with van der Waals surface area (Å²) >= 11 is 1.58. The van der Waals surface area contributed by atoms with Gasteiger partial charge in [0.05, 0.1) is 11.6 Å². The smallest absolute Gasteiger partial charge is 0.371 e. The molecule has 2 rings (SSSR count). The van der Waals surface area contributed by atoms with Gasteiger partial charge in [-0.3, -0.25) is 5.32 Å². The van der Waals surface area contributed by atoms with E-state index in [2.05, 4.69) is 10.3 Å². The molecule has 0 aliphatic carbocycles. The first-order chi connectivity index (χ1) is 8.90. The summed E-state index contributed by atoms with van der Waals surface area (Å²) in [7, 11) is 0. The van der Waals surface area contributed by atoms with Crippen molar-refractivity contribution in [2.24, 2.45) is 0 Å². The number of furan rings is 1. The minimum absolute atomic E-state index is 0.0456. The second-order valence-corrected chi connectivity index (χ2v) is 5.73. The van der Waals surface area contributed by atoms with Crippen LogP contribution in [-0.4, -0.2) is 16.1 Å². The highest BCUT2D eigenvalue weighted by molar-refractivity contribution is 7.09. The summed E-state index contributed by atoms with van der Waals surface area (Å²) in [6.07, 6.45) is 1.77. The summed E-state index contributed by atoms with van der Waals surface area (Å²) in [5, 5.41) is 15.1. The first-order valence-corrected chi connectivity index (χ1v) is 6.79. The number of carboxylic acids is 1. The van der Waals surface area contributed by atoms with Gasteiger partial charge in [-0.05, 0) is 32.9 Å². The summed E-state index contributed by atoms with van der Waals surface area (Å²) in [5.74, 6) is -0.504. The first kappa shape index (κ1) is 13.8. The van der Waals surface area contributed by atoms with E-state index in [4.69, 9.17) is 9.52 Å². The molecule has 0 saturated carbocycles. The maximum atomic E-state index is 10.8. The molecule has 19 heavy (non-hydrogen) atoms. The predicted molar refractivity (Wildman–Crippen MR) is 72.4 cm³/mol. The van der Waals surface area contributed by atoms with Crippen LogP contribution in [0, 0.1) is 0 Å². The molecule has 0 spiro atoms. The van der Waals surface area contributed by atoms with Crippen molar-refractivity contribution in [1.82, 2.24) is 10.3 Å². The Kier molecular flexibility index (Phi) is 3.73. The number of carboxylic acid groups (broad SMARTS) is 1. The Morgan fingerprint density at radius 2 is 2.26 bits per heavy atom. The van der Waals surface area contributed by atoms with Crippen LogP contribution in [0.3, 0.4) is 0 Å². The number of rotatable bonds is 5. The summed E-state index contributed by atoms with van der Waals surface area (Å²) in [6, 6.07) is 3.04. The molecular formula is C13H16N2O3S. The molecule has 102 valence electrons. The molecule has 0 bridgehead atoms. The minimum atomic E-state index is -1.06. The molecule has 0 aliphatic rings. The van der Waals surface area contributed by atoms with Gasteiger partial charge in [0.2, 0.25) is 5.76 Å². The van der Waals surface area contributed by atoms with Gasteiger partial charge in [-0.25, -0.2) is 9.78 Å². The number of thiazole rings is 1. The van der Waals surface area contributed by atoms with Crippen molar-refractivity contribution in [2.45, 2.75) is 32.4 Å². The Morgan fingerprint density at radius 3 is 2.79 bits per heavy atom. The molecule has 0 aromatic carbocycles. The quantitative estimate of drug-likeness (QED) is 0.880. The van der Waals surface area contributed by atoms with Crippen LogP contribution in [0.25, 0.3) is 0 Å². The van der Waals surface area contributed by atoms with Gasteiger partial charge in [0.15, 0.2) is 0 Å². The van der Waals surface area contributed by atoms with Crippen LogP contribution >= 0.6 is 11.3 Å². The Bertz CT molecular complexity index is 560. The van der Waals surface area contributed by atoms with Crippen LogP contribution < -0.4 is 5.32 Å². The SMILES string of the molecule is CC(NC(C)(C)c1nccs1)c1ccc(C(=O)O)o1. The number of carbonyl (C=O) groups is 1. The zero-order valence-electron chi connectivity index (χ0n) is 11.0. The maximum Gasteiger partial charge on any atom is 0.371 e. The molecule has 0 aliphatic heterocycles. The van der Waals surface area contributed by atoms with E-state index in [1.807, 2.05) is 26.2 Å². The minimum Gasteiger partial charge on any atom is -0.475 e. The molecule has 2 N–H and O–H groups in total. The van der Waals surface area contributed by atoms with Crippen LogP contribution in [-0.2, 0) is 5.54 Å². The van der Waals surface area contributed by atoms with Crippen LogP contribution in [0.2, 0.25) is 0 Å². The molecule has 0 radical (unpaired) electrons. The third-order valence-electron chi connectivity index (χ3n) is 2.81. The lowest BCUT2D eigenvalue weighted by Gasteiger charge is -2.27. The third-order valence-corrected chi connectivity index (χ3v) is 3.91. The van der Waals surface area contributed by atoms with Crippen LogP contribution in [0.4, 0.5) is 0 Å². The lowest BCUT2D eigenvalue weighted by Crippen LogP contribution is -2.38. The monoisotopic (exact) mass is 280 g/mol. The molecule has 0 amide bonds. The highest BCUT2D eigenvalue weighted by Gasteiger charge is 2.26. The molecule has 5 nitrogen and oxygen atoms in total. The number of nitrogens with one attached hydrogen (secondary N) is 1. The van der Waals surface area contributed by atoms with Gasteiger partial charge in [0.1, 0.15) is 10.8 Å². The van der Waals surface area contributed by atoms with E-state index in [9.17, 15) is 4.79 Å². The molecule has 1 atom stereocenters. The topological polar surface area (TPSA) is 75.4 Å². The molecule has 0 fully saturated rings. The van der Waals surface area contributed by atoms with E-state index in [0.717, 1.165) is 5.01 Å². The average Bonchev–Trinajstić information content (AvgIpc) is 3.00. The standard InChI is InChI=1S/C13H16N2O3S/c1-8(9-4-5-10(18-9)11(16)17)15-13(2,3)12-14-6-7-19-12/h4-8,15H,1-3H3,(H,16,17). The highest BCUT2D eigenvalue weighted by Crippen LogP contribution is 2.27. The first-order valence-electron chi connectivity index (χ1n) is 5.91. The molecular weight excluding hydrogens is 264 g/mol. The van der Waals surface area contributed by atoms with Gasteiger partial charge < -0.3 is 9.52 Å². The Labute approximate surface area is 115 Å². The average molecular weight is 280 g/mol. The molecule has 2 aromatic heterocycles. The van der Waals surface area contributed by atoms with E-state index >= 15 is 0 Å². The number of aromatic nitrogens is 1. The Balaban J connectivity index is 2.12. The second-order valence-electron chi connectivity index (χ2n) is 4.84. The largest absolute Gasteiger partial charge is 0.475 e. The van der Waals surface area contributed by atoms with Crippen LogP contribution in [0.15, 0.2) is 28.1 Å². The number of aromatic carboxylic acids is 1. The van der Waals surface area contributed by atoms with E-state index in [1.54, 1.807) is 23.6 Å². The van der Waals surface area contributed by atoms with Gasteiger partial charge in [0, 0.05) is 11.6 Å². The van der Waals surface area contributed by atoms with Crippen molar-refractivity contribution in [3.63, 3.8) is 0 Å². The number of hydrogen-bond acceptors (Lipinski definition) is 5. The van der Waals surface area contributed by atoms with E-state index in [0.29, 0.717) is 5.76 Å². The number of hydrogen-bond donors (Lipinski definition) is 2. The van der Waals surface area contributed by atoms with Gasteiger partial charge in [-0.15, -0.1) is 11.3 Å². The normalized spacial score (nSPS) is 13.4. The van der Waals surface area contributed by atoms with E-state index < -0.39 is 5.97 Å². The highest BCUT2D eigenvalue weighted by atomic mass is 32.1. The maximum absolute atomic E-state index is 10.8. The van der Waals surface area contributed by atoms with Crippen molar-refractivity contribution in [3.05, 3.63) is 40.2 Å². The van der Waals surface area contributed by atoms with Gasteiger partial charge in [-0.1, -0.05) is 0 Å². The summed E-state index contributed by atoms with van der Waals surface area (Å²) in [5.41, 5.74) is -0.302. The fraction of sp³-hybridized carbons (Fsp3) is 0.385. The summed E-state index contributed by atoms with van der Waals surface area (Å²) in [6.45, 7) is 5.99. The zero-order chi connectivity index (χ0) is 14.0. The Hall–Kier alpha value is -1.66. The van der Waals surface area contributed by atoms with Crippen molar-refractivity contribution >= 4 is 17.3 Å². The van der Waals surface area contributed by atoms with Crippen molar-refractivity contribution in [1.29, 1.82) is 0 Å². The Morgan fingerprint density at radius 1 is 1.53 bits per heavy atom. The van der Waals surface area contributed by atoms with Gasteiger partial charge in [-0.2, -0.15) is 0 Å².